The monoisotopic (exact) mass is 443 g/mol. The molecule has 4 rings (SSSR count). The molecule has 0 bridgehead atoms. The van der Waals surface area contributed by atoms with Crippen molar-refractivity contribution >= 4 is 29.0 Å². The summed E-state index contributed by atoms with van der Waals surface area (Å²) in [4.78, 5) is 15.6. The molecule has 1 amide bonds. The van der Waals surface area contributed by atoms with Gasteiger partial charge in [-0.3, -0.25) is 4.68 Å². The van der Waals surface area contributed by atoms with E-state index in [0.29, 0.717) is 24.5 Å². The molecule has 3 heterocycles. The molecule has 1 aliphatic heterocycles. The van der Waals surface area contributed by atoms with Crippen LogP contribution in [0.5, 0.6) is 0 Å². The van der Waals surface area contributed by atoms with Crippen molar-refractivity contribution < 1.29 is 9.53 Å². The van der Waals surface area contributed by atoms with Crippen LogP contribution in [0.3, 0.4) is 0 Å². The molecule has 0 saturated heterocycles. The Morgan fingerprint density at radius 1 is 1.17 bits per heavy atom. The predicted octanol–water partition coefficient (Wildman–Crippen LogP) is 5.65. The third kappa shape index (κ3) is 4.71. The van der Waals surface area contributed by atoms with Crippen LogP contribution in [0.4, 0.5) is 4.79 Å². The molecule has 7 heteroatoms. The largest absolute Gasteiger partial charge is 0.444 e. The Hall–Kier alpha value is -2.31. The zero-order valence-corrected chi connectivity index (χ0v) is 19.1. The van der Waals surface area contributed by atoms with Crippen molar-refractivity contribution in [2.24, 2.45) is 0 Å². The zero-order chi connectivity index (χ0) is 21.3. The van der Waals surface area contributed by atoms with Crippen LogP contribution in [0.25, 0.3) is 11.3 Å². The van der Waals surface area contributed by atoms with Gasteiger partial charge in [0.15, 0.2) is 0 Å². The van der Waals surface area contributed by atoms with Gasteiger partial charge in [-0.1, -0.05) is 29.8 Å². The lowest BCUT2D eigenvalue weighted by atomic mass is 10.0. The topological polar surface area (TPSA) is 47.4 Å². The molecular weight excluding hydrogens is 418 g/mol. The van der Waals surface area contributed by atoms with Crippen LogP contribution in [-0.2, 0) is 24.1 Å². The lowest BCUT2D eigenvalue weighted by Gasteiger charge is -2.26. The zero-order valence-electron chi connectivity index (χ0n) is 17.5. The highest BCUT2D eigenvalue weighted by atomic mass is 35.5. The maximum Gasteiger partial charge on any atom is 0.410 e. The number of rotatable bonds is 3. The fourth-order valence-corrected chi connectivity index (χ4v) is 4.53. The first-order valence-electron chi connectivity index (χ1n) is 10.1. The minimum absolute atomic E-state index is 0.257. The Bertz CT molecular complexity index is 1020. The lowest BCUT2D eigenvalue weighted by molar-refractivity contribution is 0.0258. The molecule has 0 N–H and O–H groups in total. The number of hydrogen-bond donors (Lipinski definition) is 0. The molecule has 158 valence electrons. The first-order valence-corrected chi connectivity index (χ1v) is 11.4. The van der Waals surface area contributed by atoms with Crippen LogP contribution in [0.2, 0.25) is 5.02 Å². The molecule has 2 aromatic heterocycles. The van der Waals surface area contributed by atoms with Gasteiger partial charge in [0.2, 0.25) is 0 Å². The van der Waals surface area contributed by atoms with Crippen LogP contribution >= 0.6 is 22.9 Å². The molecular formula is C23H26ClN3O2S. The number of aromatic nitrogens is 2. The second-order valence-electron chi connectivity index (χ2n) is 8.49. The summed E-state index contributed by atoms with van der Waals surface area (Å²) in [5.74, 6) is 0. The van der Waals surface area contributed by atoms with E-state index in [9.17, 15) is 4.79 Å². The number of fused-ring (bicyclic) bond motifs is 1. The Kier molecular flexibility index (Phi) is 5.89. The van der Waals surface area contributed by atoms with E-state index in [4.69, 9.17) is 21.4 Å². The SMILES string of the molecule is CC(C)(C)OC(=O)N1CCc2nn(Cc3cccs3)c(-c3ccc(Cl)cc3)c2CC1. The van der Waals surface area contributed by atoms with Gasteiger partial charge in [-0.2, -0.15) is 5.10 Å². The Labute approximate surface area is 186 Å². The van der Waals surface area contributed by atoms with Gasteiger partial charge in [-0.15, -0.1) is 11.3 Å². The van der Waals surface area contributed by atoms with Gasteiger partial charge in [-0.25, -0.2) is 4.79 Å². The van der Waals surface area contributed by atoms with Crippen molar-refractivity contribution in [3.63, 3.8) is 0 Å². The number of halogens is 1. The molecule has 0 unspecified atom stereocenters. The van der Waals surface area contributed by atoms with Gasteiger partial charge < -0.3 is 9.64 Å². The van der Waals surface area contributed by atoms with Crippen molar-refractivity contribution in [1.29, 1.82) is 0 Å². The first-order chi connectivity index (χ1) is 14.3. The van der Waals surface area contributed by atoms with Crippen molar-refractivity contribution in [3.8, 4) is 11.3 Å². The van der Waals surface area contributed by atoms with Crippen molar-refractivity contribution in [1.82, 2.24) is 14.7 Å². The molecule has 0 atom stereocenters. The number of carbonyl (C=O) groups is 1. The molecule has 0 radical (unpaired) electrons. The minimum Gasteiger partial charge on any atom is -0.444 e. The number of carbonyl (C=O) groups excluding carboxylic acids is 1. The number of thiophene rings is 1. The third-order valence-electron chi connectivity index (χ3n) is 5.04. The lowest BCUT2D eigenvalue weighted by Crippen LogP contribution is -2.38. The van der Waals surface area contributed by atoms with E-state index in [-0.39, 0.29) is 6.09 Å². The molecule has 0 saturated carbocycles. The highest BCUT2D eigenvalue weighted by Gasteiger charge is 2.28. The van der Waals surface area contributed by atoms with Crippen LogP contribution < -0.4 is 0 Å². The normalized spacial score (nSPS) is 14.3. The summed E-state index contributed by atoms with van der Waals surface area (Å²) in [5, 5.41) is 7.77. The Morgan fingerprint density at radius 2 is 1.90 bits per heavy atom. The molecule has 3 aromatic rings. The van der Waals surface area contributed by atoms with Crippen molar-refractivity contribution in [2.75, 3.05) is 13.1 Å². The van der Waals surface area contributed by atoms with Crippen molar-refractivity contribution in [2.45, 2.75) is 45.8 Å². The highest BCUT2D eigenvalue weighted by Crippen LogP contribution is 2.31. The van der Waals surface area contributed by atoms with E-state index < -0.39 is 5.60 Å². The Morgan fingerprint density at radius 3 is 2.57 bits per heavy atom. The van der Waals surface area contributed by atoms with E-state index in [1.165, 1.54) is 10.4 Å². The number of hydrogen-bond acceptors (Lipinski definition) is 4. The summed E-state index contributed by atoms with van der Waals surface area (Å²) in [5.41, 5.74) is 3.97. The summed E-state index contributed by atoms with van der Waals surface area (Å²) in [6, 6.07) is 12.1. The van der Waals surface area contributed by atoms with Crippen molar-refractivity contribution in [3.05, 3.63) is 62.9 Å². The summed E-state index contributed by atoms with van der Waals surface area (Å²) in [6.07, 6.45) is 1.20. The van der Waals surface area contributed by atoms with E-state index in [1.807, 2.05) is 45.0 Å². The quantitative estimate of drug-likeness (QED) is 0.525. The van der Waals surface area contributed by atoms with Crippen LogP contribution in [0.15, 0.2) is 41.8 Å². The third-order valence-corrected chi connectivity index (χ3v) is 6.15. The molecule has 0 spiro atoms. The van der Waals surface area contributed by atoms with Crippen LogP contribution in [0, 0.1) is 0 Å². The van der Waals surface area contributed by atoms with E-state index in [1.54, 1.807) is 16.2 Å². The van der Waals surface area contributed by atoms with E-state index >= 15 is 0 Å². The van der Waals surface area contributed by atoms with E-state index in [0.717, 1.165) is 29.9 Å². The van der Waals surface area contributed by atoms with E-state index in [2.05, 4.69) is 22.2 Å². The summed E-state index contributed by atoms with van der Waals surface area (Å²) < 4.78 is 7.68. The first kappa shape index (κ1) is 20.9. The maximum atomic E-state index is 12.6. The average Bonchev–Trinajstić information content (AvgIpc) is 3.24. The Balaban J connectivity index is 1.65. The van der Waals surface area contributed by atoms with Gasteiger partial charge >= 0.3 is 6.09 Å². The number of benzene rings is 1. The van der Waals surface area contributed by atoms with Gasteiger partial charge in [0.1, 0.15) is 5.60 Å². The van der Waals surface area contributed by atoms with Gasteiger partial charge in [0.25, 0.3) is 0 Å². The molecule has 0 aliphatic carbocycles. The maximum absolute atomic E-state index is 12.6. The average molecular weight is 444 g/mol. The van der Waals surface area contributed by atoms with Gasteiger partial charge in [-0.05, 0) is 50.8 Å². The fraction of sp³-hybridized carbons (Fsp3) is 0.391. The number of nitrogens with zero attached hydrogens (tertiary/aromatic N) is 3. The number of amides is 1. The van der Waals surface area contributed by atoms with Crippen LogP contribution in [-0.4, -0.2) is 39.5 Å². The second kappa shape index (κ2) is 8.44. The molecule has 1 aliphatic rings. The number of ether oxygens (including phenoxy) is 1. The summed E-state index contributed by atoms with van der Waals surface area (Å²) >= 11 is 7.86. The molecule has 30 heavy (non-hydrogen) atoms. The minimum atomic E-state index is -0.498. The van der Waals surface area contributed by atoms with Crippen LogP contribution in [0.1, 0.15) is 36.9 Å². The fourth-order valence-electron chi connectivity index (χ4n) is 3.72. The van der Waals surface area contributed by atoms with Gasteiger partial charge in [0, 0.05) is 40.5 Å². The highest BCUT2D eigenvalue weighted by molar-refractivity contribution is 7.09. The summed E-state index contributed by atoms with van der Waals surface area (Å²) in [7, 11) is 0. The molecule has 5 nitrogen and oxygen atoms in total. The molecule has 0 fully saturated rings. The molecule has 1 aromatic carbocycles. The smallest absolute Gasteiger partial charge is 0.410 e. The summed E-state index contributed by atoms with van der Waals surface area (Å²) in [6.45, 7) is 7.64. The second-order valence-corrected chi connectivity index (χ2v) is 9.95. The standard InChI is InChI=1S/C23H26ClN3O2S/c1-23(2,3)29-22(28)26-12-10-19-20(11-13-26)25-27(15-18-5-4-14-30-18)21(19)16-6-8-17(24)9-7-16/h4-9,14H,10-13,15H2,1-3H3. The van der Waals surface area contributed by atoms with Gasteiger partial charge in [0.05, 0.1) is 17.9 Å². The predicted molar refractivity (Wildman–Crippen MR) is 121 cm³/mol.